The number of carbonyl (C=O) groups excluding carboxylic acids is 1. The minimum absolute atomic E-state index is 0.0711. The van der Waals surface area contributed by atoms with Gasteiger partial charge in [-0.25, -0.2) is 4.98 Å². The molecule has 114 valence electrons. The lowest BCUT2D eigenvalue weighted by Gasteiger charge is -2.22. The van der Waals surface area contributed by atoms with Gasteiger partial charge < -0.3 is 15.5 Å². The predicted octanol–water partition coefficient (Wildman–Crippen LogP) is 0.806. The summed E-state index contributed by atoms with van der Waals surface area (Å²) < 4.78 is 0. The zero-order valence-electron chi connectivity index (χ0n) is 13.1. The van der Waals surface area contributed by atoms with Gasteiger partial charge in [0.1, 0.15) is 5.69 Å². The van der Waals surface area contributed by atoms with Crippen molar-refractivity contribution in [1.82, 2.24) is 14.8 Å². The Hall–Kier alpha value is -1.90. The van der Waals surface area contributed by atoms with Crippen LogP contribution in [0.4, 0.5) is 0 Å². The van der Waals surface area contributed by atoms with Crippen molar-refractivity contribution in [2.75, 3.05) is 40.3 Å². The average molecular weight is 288 g/mol. The van der Waals surface area contributed by atoms with Crippen LogP contribution in [-0.4, -0.2) is 61.0 Å². The monoisotopic (exact) mass is 288 g/mol. The highest BCUT2D eigenvalue weighted by Gasteiger charge is 2.18. The highest BCUT2D eigenvalue weighted by atomic mass is 16.2. The molecule has 2 N–H and O–H groups in total. The van der Waals surface area contributed by atoms with E-state index in [-0.39, 0.29) is 12.5 Å². The molecule has 0 aliphatic heterocycles. The molecule has 0 spiro atoms. The molecular formula is C16H24N4O. The molecular weight excluding hydrogens is 264 g/mol. The van der Waals surface area contributed by atoms with Gasteiger partial charge in [-0.1, -0.05) is 11.8 Å². The molecule has 0 aliphatic carbocycles. The Kier molecular flexibility index (Phi) is 7.44. The summed E-state index contributed by atoms with van der Waals surface area (Å²) in [5.41, 5.74) is 6.43. The average Bonchev–Trinajstić information content (AvgIpc) is 2.49. The van der Waals surface area contributed by atoms with E-state index in [4.69, 9.17) is 5.73 Å². The second-order valence-electron chi connectivity index (χ2n) is 4.95. The van der Waals surface area contributed by atoms with Crippen molar-refractivity contribution in [1.29, 1.82) is 0 Å². The van der Waals surface area contributed by atoms with E-state index in [2.05, 4.69) is 21.7 Å². The molecule has 0 atom stereocenters. The summed E-state index contributed by atoms with van der Waals surface area (Å²) in [5.74, 6) is 5.62. The van der Waals surface area contributed by atoms with Crippen LogP contribution in [0, 0.1) is 11.8 Å². The van der Waals surface area contributed by atoms with Crippen molar-refractivity contribution in [3.05, 3.63) is 29.6 Å². The SMILES string of the molecule is CCN(CCCN(C)C)C(=O)c1ncccc1C#CCN. The van der Waals surface area contributed by atoms with Crippen LogP contribution in [0.5, 0.6) is 0 Å². The molecule has 0 fully saturated rings. The summed E-state index contributed by atoms with van der Waals surface area (Å²) >= 11 is 0. The lowest BCUT2D eigenvalue weighted by molar-refractivity contribution is 0.0753. The third-order valence-corrected chi connectivity index (χ3v) is 3.04. The number of hydrogen-bond acceptors (Lipinski definition) is 4. The van der Waals surface area contributed by atoms with Crippen LogP contribution in [0.3, 0.4) is 0 Å². The van der Waals surface area contributed by atoms with Crippen molar-refractivity contribution < 1.29 is 4.79 Å². The maximum Gasteiger partial charge on any atom is 0.273 e. The van der Waals surface area contributed by atoms with Gasteiger partial charge in [0, 0.05) is 19.3 Å². The topological polar surface area (TPSA) is 62.5 Å². The smallest absolute Gasteiger partial charge is 0.273 e. The second kappa shape index (κ2) is 9.11. The molecule has 0 bridgehead atoms. The Morgan fingerprint density at radius 3 is 2.76 bits per heavy atom. The number of carbonyl (C=O) groups is 1. The number of nitrogens with zero attached hydrogens (tertiary/aromatic N) is 3. The van der Waals surface area contributed by atoms with Crippen LogP contribution < -0.4 is 5.73 Å². The maximum absolute atomic E-state index is 12.6. The van der Waals surface area contributed by atoms with E-state index in [0.29, 0.717) is 24.3 Å². The Balaban J connectivity index is 2.85. The third-order valence-electron chi connectivity index (χ3n) is 3.04. The van der Waals surface area contributed by atoms with Crippen molar-refractivity contribution in [3.8, 4) is 11.8 Å². The molecule has 0 radical (unpaired) electrons. The molecule has 1 rings (SSSR count). The molecule has 1 aromatic rings. The summed E-state index contributed by atoms with van der Waals surface area (Å²) in [6.45, 7) is 4.57. The van der Waals surface area contributed by atoms with Gasteiger partial charge in [0.25, 0.3) is 5.91 Å². The number of pyridine rings is 1. The Bertz CT molecular complexity index is 516. The normalized spacial score (nSPS) is 10.1. The summed E-state index contributed by atoms with van der Waals surface area (Å²) in [6, 6.07) is 3.58. The van der Waals surface area contributed by atoms with Gasteiger partial charge in [0.15, 0.2) is 0 Å². The second-order valence-corrected chi connectivity index (χ2v) is 4.95. The van der Waals surface area contributed by atoms with Gasteiger partial charge in [0.2, 0.25) is 0 Å². The molecule has 0 saturated heterocycles. The summed E-state index contributed by atoms with van der Waals surface area (Å²) in [5, 5.41) is 0. The summed E-state index contributed by atoms with van der Waals surface area (Å²) in [7, 11) is 4.05. The fraction of sp³-hybridized carbons (Fsp3) is 0.500. The number of amides is 1. The highest BCUT2D eigenvalue weighted by Crippen LogP contribution is 2.08. The largest absolute Gasteiger partial charge is 0.338 e. The van der Waals surface area contributed by atoms with E-state index in [9.17, 15) is 4.79 Å². The first-order chi connectivity index (χ1) is 10.1. The van der Waals surface area contributed by atoms with E-state index in [0.717, 1.165) is 13.0 Å². The zero-order chi connectivity index (χ0) is 15.7. The molecule has 0 unspecified atom stereocenters. The Morgan fingerprint density at radius 1 is 1.38 bits per heavy atom. The molecule has 1 aromatic heterocycles. The minimum Gasteiger partial charge on any atom is -0.338 e. The first-order valence-electron chi connectivity index (χ1n) is 7.18. The predicted molar refractivity (Wildman–Crippen MR) is 84.9 cm³/mol. The van der Waals surface area contributed by atoms with Crippen LogP contribution >= 0.6 is 0 Å². The van der Waals surface area contributed by atoms with Gasteiger partial charge >= 0.3 is 0 Å². The maximum atomic E-state index is 12.6. The molecule has 1 heterocycles. The van der Waals surface area contributed by atoms with Crippen molar-refractivity contribution in [2.45, 2.75) is 13.3 Å². The van der Waals surface area contributed by atoms with Crippen LogP contribution in [0.2, 0.25) is 0 Å². The minimum atomic E-state index is -0.0711. The molecule has 0 aromatic carbocycles. The van der Waals surface area contributed by atoms with Crippen molar-refractivity contribution in [3.63, 3.8) is 0 Å². The summed E-state index contributed by atoms with van der Waals surface area (Å²) in [6.07, 6.45) is 2.55. The van der Waals surface area contributed by atoms with Gasteiger partial charge in [-0.05, 0) is 46.1 Å². The van der Waals surface area contributed by atoms with Gasteiger partial charge in [0.05, 0.1) is 12.1 Å². The zero-order valence-corrected chi connectivity index (χ0v) is 13.1. The van der Waals surface area contributed by atoms with Crippen molar-refractivity contribution >= 4 is 5.91 Å². The summed E-state index contributed by atoms with van der Waals surface area (Å²) in [4.78, 5) is 20.7. The van der Waals surface area contributed by atoms with Crippen LogP contribution in [0.1, 0.15) is 29.4 Å². The van der Waals surface area contributed by atoms with Gasteiger partial charge in [-0.3, -0.25) is 4.79 Å². The van der Waals surface area contributed by atoms with E-state index < -0.39 is 0 Å². The third kappa shape index (κ3) is 5.54. The quantitative estimate of drug-likeness (QED) is 0.787. The lowest BCUT2D eigenvalue weighted by Crippen LogP contribution is -2.34. The van der Waals surface area contributed by atoms with Crippen LogP contribution in [0.15, 0.2) is 18.3 Å². The molecule has 5 heteroatoms. The molecule has 0 saturated carbocycles. The van der Waals surface area contributed by atoms with Gasteiger partial charge in [-0.2, -0.15) is 0 Å². The van der Waals surface area contributed by atoms with E-state index in [1.165, 1.54) is 0 Å². The highest BCUT2D eigenvalue weighted by molar-refractivity contribution is 5.94. The number of nitrogens with two attached hydrogens (primary N) is 1. The van der Waals surface area contributed by atoms with E-state index in [1.807, 2.05) is 21.0 Å². The first-order valence-corrected chi connectivity index (χ1v) is 7.18. The van der Waals surface area contributed by atoms with Gasteiger partial charge in [-0.15, -0.1) is 0 Å². The van der Waals surface area contributed by atoms with E-state index in [1.54, 1.807) is 23.2 Å². The number of hydrogen-bond donors (Lipinski definition) is 1. The van der Waals surface area contributed by atoms with Crippen LogP contribution in [0.25, 0.3) is 0 Å². The number of rotatable bonds is 6. The Morgan fingerprint density at radius 2 is 2.14 bits per heavy atom. The molecule has 5 nitrogen and oxygen atoms in total. The van der Waals surface area contributed by atoms with Crippen molar-refractivity contribution in [2.24, 2.45) is 5.73 Å². The standard InChI is InChI=1S/C16H24N4O/c1-4-20(13-7-12-19(2)3)16(21)15-14(8-5-10-17)9-6-11-18-15/h6,9,11H,4,7,10,12-13,17H2,1-3H3. The fourth-order valence-corrected chi connectivity index (χ4v) is 1.95. The molecule has 0 aliphatic rings. The first kappa shape index (κ1) is 17.2. The fourth-order valence-electron chi connectivity index (χ4n) is 1.95. The molecule has 21 heavy (non-hydrogen) atoms. The lowest BCUT2D eigenvalue weighted by atomic mass is 10.1. The number of aromatic nitrogens is 1. The van der Waals surface area contributed by atoms with Crippen LogP contribution in [-0.2, 0) is 0 Å². The van der Waals surface area contributed by atoms with E-state index >= 15 is 0 Å². The molecule has 1 amide bonds. The Labute approximate surface area is 127 Å².